The van der Waals surface area contributed by atoms with E-state index < -0.39 is 0 Å². The van der Waals surface area contributed by atoms with E-state index in [9.17, 15) is 0 Å². The second-order valence-electron chi connectivity index (χ2n) is 4.60. The van der Waals surface area contributed by atoms with Gasteiger partial charge in [-0.1, -0.05) is 0 Å². The Morgan fingerprint density at radius 1 is 0.765 bits per heavy atom. The van der Waals surface area contributed by atoms with Gasteiger partial charge in [0.2, 0.25) is 0 Å². The van der Waals surface area contributed by atoms with Gasteiger partial charge in [-0.25, -0.2) is 0 Å². The summed E-state index contributed by atoms with van der Waals surface area (Å²) < 4.78 is 2.99. The Hall–Kier alpha value is -0.830. The molecule has 0 unspecified atom stereocenters. The van der Waals surface area contributed by atoms with E-state index in [1.165, 1.54) is 18.3 Å². The van der Waals surface area contributed by atoms with Gasteiger partial charge in [-0.05, 0) is 0 Å². The number of halogens is 1. The van der Waals surface area contributed by atoms with Crippen molar-refractivity contribution in [3.05, 3.63) is 66.8 Å². The van der Waals surface area contributed by atoms with Crippen molar-refractivity contribution in [3.8, 4) is 0 Å². The predicted octanol–water partition coefficient (Wildman–Crippen LogP) is 1.25. The first-order valence-electron chi connectivity index (χ1n) is 5.96. The van der Waals surface area contributed by atoms with Crippen molar-refractivity contribution in [2.24, 2.45) is 0 Å². The zero-order valence-corrected chi connectivity index (χ0v) is 12.7. The van der Waals surface area contributed by atoms with Gasteiger partial charge in [0, 0.05) is 0 Å². The number of hydrogen-bond donors (Lipinski definition) is 0. The predicted molar refractivity (Wildman–Crippen MR) is 69.1 cm³/mol. The quantitative estimate of drug-likeness (QED) is 0.740. The molecule has 0 N–H and O–H groups in total. The van der Waals surface area contributed by atoms with Crippen molar-refractivity contribution < 1.29 is 21.2 Å². The first-order chi connectivity index (χ1) is 8.15. The summed E-state index contributed by atoms with van der Waals surface area (Å²) in [5.74, 6) is 0.627. The summed E-state index contributed by atoms with van der Waals surface area (Å²) in [4.78, 5) is 0. The van der Waals surface area contributed by atoms with E-state index in [1.54, 1.807) is 0 Å². The molecule has 17 heavy (non-hydrogen) atoms. The molecule has 2 aromatic carbocycles. The van der Waals surface area contributed by atoms with Crippen LogP contribution in [0.15, 0.2) is 48.5 Å². The molecule has 0 spiro atoms. The van der Waals surface area contributed by atoms with Crippen LogP contribution in [0.3, 0.4) is 0 Å². The maximum atomic E-state index is 2.29. The second kappa shape index (κ2) is 5.67. The number of aryl methyl sites for hydroxylation is 1. The van der Waals surface area contributed by atoms with Crippen molar-refractivity contribution in [1.29, 1.82) is 0 Å². The zero-order chi connectivity index (χ0) is 12.3. The summed E-state index contributed by atoms with van der Waals surface area (Å²) in [5.41, 5.74) is 2.77. The van der Waals surface area contributed by atoms with Crippen LogP contribution in [0.25, 0.3) is 0 Å². The van der Waals surface area contributed by atoms with Gasteiger partial charge < -0.3 is 0 Å². The van der Waals surface area contributed by atoms with Gasteiger partial charge >= 0.3 is 115 Å². The van der Waals surface area contributed by atoms with Gasteiger partial charge in [0.1, 0.15) is 0 Å². The van der Waals surface area contributed by atoms with Crippen LogP contribution in [0, 0.1) is 14.1 Å². The van der Waals surface area contributed by atoms with Crippen LogP contribution in [0.5, 0.6) is 0 Å². The molecule has 0 radical (unpaired) electrons. The Balaban J connectivity index is 2.11. The van der Waals surface area contributed by atoms with Gasteiger partial charge in [-0.15, -0.1) is 0 Å². The first-order valence-corrected chi connectivity index (χ1v) is 8.12. The third-order valence-electron chi connectivity index (χ3n) is 2.77. The Morgan fingerprint density at radius 3 is 1.71 bits per heavy atom. The summed E-state index contributed by atoms with van der Waals surface area (Å²) in [6.07, 6.45) is 0. The SMILES string of the molecule is Cc1ccc([I-]c2ccc(C(C)C)cc2)cc1. The third kappa shape index (κ3) is 3.56. The minimum absolute atomic E-state index is 0.0167. The molecule has 0 heterocycles. The van der Waals surface area contributed by atoms with Gasteiger partial charge in [0.25, 0.3) is 0 Å². The normalized spacial score (nSPS) is 11.1. The number of benzene rings is 2. The molecule has 0 amide bonds. The fourth-order valence-electron chi connectivity index (χ4n) is 1.63. The van der Waals surface area contributed by atoms with Gasteiger partial charge in [-0.3, -0.25) is 0 Å². The average molecular weight is 337 g/mol. The van der Waals surface area contributed by atoms with Crippen molar-refractivity contribution in [2.75, 3.05) is 0 Å². The van der Waals surface area contributed by atoms with E-state index in [1.807, 2.05) is 0 Å². The Bertz CT molecular complexity index is 466. The molecule has 0 aliphatic heterocycles. The fourth-order valence-corrected chi connectivity index (χ4v) is 3.79. The summed E-state index contributed by atoms with van der Waals surface area (Å²) in [5, 5.41) is 0. The summed E-state index contributed by atoms with van der Waals surface area (Å²) in [6.45, 7) is 6.62. The summed E-state index contributed by atoms with van der Waals surface area (Å²) in [6, 6.07) is 18.1. The standard InChI is InChI=1S/C16H18I/c1-12(2)14-6-10-16(11-7-14)17-15-8-4-13(3)5-9-15/h4-12H,1-3H3/q-1. The van der Waals surface area contributed by atoms with Crippen LogP contribution in [0.4, 0.5) is 0 Å². The van der Waals surface area contributed by atoms with Crippen LogP contribution in [0.1, 0.15) is 30.9 Å². The van der Waals surface area contributed by atoms with Gasteiger partial charge in [0.15, 0.2) is 0 Å². The topological polar surface area (TPSA) is 0 Å². The molecule has 0 aliphatic rings. The third-order valence-corrected chi connectivity index (χ3v) is 5.45. The van der Waals surface area contributed by atoms with E-state index in [0.29, 0.717) is 5.92 Å². The van der Waals surface area contributed by atoms with Gasteiger partial charge in [-0.2, -0.15) is 0 Å². The Kier molecular flexibility index (Phi) is 4.21. The number of hydrogen-bond acceptors (Lipinski definition) is 0. The molecule has 0 atom stereocenters. The van der Waals surface area contributed by atoms with Crippen molar-refractivity contribution in [3.63, 3.8) is 0 Å². The minimum atomic E-state index is -0.0167. The zero-order valence-electron chi connectivity index (χ0n) is 10.6. The van der Waals surface area contributed by atoms with Crippen LogP contribution in [-0.4, -0.2) is 0 Å². The molecule has 1 heteroatoms. The van der Waals surface area contributed by atoms with Crippen LogP contribution < -0.4 is 21.2 Å². The molecule has 0 fully saturated rings. The van der Waals surface area contributed by atoms with E-state index in [4.69, 9.17) is 0 Å². The van der Waals surface area contributed by atoms with Crippen molar-refractivity contribution in [1.82, 2.24) is 0 Å². The Morgan fingerprint density at radius 2 is 1.24 bits per heavy atom. The molecule has 90 valence electrons. The monoisotopic (exact) mass is 337 g/mol. The molecule has 2 rings (SSSR count). The van der Waals surface area contributed by atoms with E-state index in [0.717, 1.165) is 0 Å². The summed E-state index contributed by atoms with van der Waals surface area (Å²) >= 11 is -0.0167. The number of rotatable bonds is 3. The molecule has 0 nitrogen and oxygen atoms in total. The van der Waals surface area contributed by atoms with Crippen LogP contribution >= 0.6 is 0 Å². The van der Waals surface area contributed by atoms with Gasteiger partial charge in [0.05, 0.1) is 0 Å². The molecule has 2 aromatic rings. The molecule has 0 aromatic heterocycles. The fraction of sp³-hybridized carbons (Fsp3) is 0.250. The van der Waals surface area contributed by atoms with Crippen LogP contribution in [-0.2, 0) is 0 Å². The van der Waals surface area contributed by atoms with E-state index >= 15 is 0 Å². The average Bonchev–Trinajstić information content (AvgIpc) is 2.33. The molecular formula is C16H18I-. The van der Waals surface area contributed by atoms with Crippen molar-refractivity contribution >= 4 is 0 Å². The van der Waals surface area contributed by atoms with Crippen molar-refractivity contribution in [2.45, 2.75) is 26.7 Å². The molecular weight excluding hydrogens is 319 g/mol. The second-order valence-corrected chi connectivity index (χ2v) is 7.63. The molecule has 0 saturated heterocycles. The summed E-state index contributed by atoms with van der Waals surface area (Å²) in [7, 11) is 0. The Labute approximate surface area is 114 Å². The van der Waals surface area contributed by atoms with E-state index in [2.05, 4.69) is 69.3 Å². The first kappa shape index (κ1) is 12.6. The molecule has 0 bridgehead atoms. The molecule has 0 saturated carbocycles. The molecule has 0 aliphatic carbocycles. The van der Waals surface area contributed by atoms with E-state index in [-0.39, 0.29) is 21.2 Å². The van der Waals surface area contributed by atoms with Crippen LogP contribution in [0.2, 0.25) is 0 Å². The maximum absolute atomic E-state index is 2.29.